The van der Waals surface area contributed by atoms with Crippen LogP contribution >= 0.6 is 0 Å². The highest BCUT2D eigenvalue weighted by molar-refractivity contribution is 7.00. The molecule has 0 bridgehead atoms. The molecule has 0 N–H and O–H groups in total. The topological polar surface area (TPSA) is 23.0 Å². The fourth-order valence-electron chi connectivity index (χ4n) is 15.3. The van der Waals surface area contributed by atoms with E-state index in [0.717, 1.165) is 21.9 Å². The van der Waals surface area contributed by atoms with E-state index < -0.39 is 0 Å². The van der Waals surface area contributed by atoms with Gasteiger partial charge in [-0.2, -0.15) is 0 Å². The number of furan rings is 1. The second-order valence-corrected chi connectivity index (χ2v) is 25.9. The molecule has 0 saturated heterocycles. The third-order valence-corrected chi connectivity index (χ3v) is 19.2. The molecular formula is C80H57BN2O. The molecular weight excluding hydrogens is 1020 g/mol. The highest BCUT2D eigenvalue weighted by atomic mass is 16.3. The van der Waals surface area contributed by atoms with Crippen molar-refractivity contribution in [1.29, 1.82) is 0 Å². The molecule has 5 heterocycles. The molecule has 0 atom stereocenters. The Morgan fingerprint density at radius 3 is 1.52 bits per heavy atom. The number of nitrogens with zero attached hydrogens (tertiary/aromatic N) is 2. The predicted octanol–water partition coefficient (Wildman–Crippen LogP) is 19.6. The maximum Gasteiger partial charge on any atom is 0.252 e. The maximum atomic E-state index is 6.72. The van der Waals surface area contributed by atoms with E-state index in [-0.39, 0.29) is 17.5 Å². The molecule has 3 nitrogen and oxygen atoms in total. The van der Waals surface area contributed by atoms with Gasteiger partial charge in [-0.15, -0.1) is 0 Å². The van der Waals surface area contributed by atoms with E-state index in [1.54, 1.807) is 0 Å². The van der Waals surface area contributed by atoms with Crippen LogP contribution in [0.2, 0.25) is 0 Å². The van der Waals surface area contributed by atoms with Gasteiger partial charge in [0.15, 0.2) is 0 Å². The number of hydrogen-bond donors (Lipinski definition) is 0. The SMILES string of the molecule is CC(C)(C)c1ccc(-c2cc(-c3ccccc3)cc(-c3ccc(C(C)(C)C)cc3)c2-c2cc3c4c(c2)-n2c5ccccc5c5c6c7ccccc7c7ccccc7c6cc(c52)B4c2cccc4c5cc6oc7ccccc7c6cc5n-3c24)cc1. The Kier molecular flexibility index (Phi) is 9.58. The third kappa shape index (κ3) is 6.54. The molecule has 84 heavy (non-hydrogen) atoms. The molecule has 16 aromatic rings. The first-order valence-corrected chi connectivity index (χ1v) is 29.8. The summed E-state index contributed by atoms with van der Waals surface area (Å²) in [6.45, 7) is 13.8. The van der Waals surface area contributed by atoms with Gasteiger partial charge in [0.2, 0.25) is 0 Å². The lowest BCUT2D eigenvalue weighted by molar-refractivity contribution is 0.590. The molecule has 0 fully saturated rings. The van der Waals surface area contributed by atoms with Gasteiger partial charge in [-0.1, -0.05) is 230 Å². The Bertz CT molecular complexity index is 5470. The zero-order valence-electron chi connectivity index (χ0n) is 47.9. The van der Waals surface area contributed by atoms with Crippen molar-refractivity contribution in [3.05, 3.63) is 248 Å². The summed E-state index contributed by atoms with van der Waals surface area (Å²) in [5, 5.41) is 15.0. The van der Waals surface area contributed by atoms with Crippen LogP contribution in [-0.2, 0) is 10.8 Å². The van der Waals surface area contributed by atoms with Crippen LogP contribution in [0, 0.1) is 0 Å². The average Bonchev–Trinajstić information content (AvgIpc) is 1.50. The molecule has 0 aliphatic carbocycles. The van der Waals surface area contributed by atoms with Crippen LogP contribution < -0.4 is 16.4 Å². The molecule has 4 heteroatoms. The Hall–Kier alpha value is -9.90. The van der Waals surface area contributed by atoms with Crippen LogP contribution in [0.4, 0.5) is 0 Å². The Morgan fingerprint density at radius 1 is 0.321 bits per heavy atom. The summed E-state index contributed by atoms with van der Waals surface area (Å²) in [7, 11) is 0. The summed E-state index contributed by atoms with van der Waals surface area (Å²) in [5.41, 5.74) is 25.3. The molecule has 0 spiro atoms. The number of benzene rings is 13. The van der Waals surface area contributed by atoms with E-state index in [2.05, 4.69) is 287 Å². The summed E-state index contributed by atoms with van der Waals surface area (Å²) < 4.78 is 12.0. The monoisotopic (exact) mass is 1070 g/mol. The van der Waals surface area contributed by atoms with Crippen molar-refractivity contribution in [2.24, 2.45) is 0 Å². The van der Waals surface area contributed by atoms with Crippen LogP contribution in [0.5, 0.6) is 0 Å². The van der Waals surface area contributed by atoms with E-state index in [0.29, 0.717) is 0 Å². The van der Waals surface area contributed by atoms with Crippen molar-refractivity contribution >= 4 is 121 Å². The van der Waals surface area contributed by atoms with Crippen molar-refractivity contribution in [3.8, 4) is 55.9 Å². The molecule has 3 aromatic heterocycles. The first-order chi connectivity index (χ1) is 40.9. The van der Waals surface area contributed by atoms with Gasteiger partial charge >= 0.3 is 0 Å². The Balaban J connectivity index is 1.05. The summed E-state index contributed by atoms with van der Waals surface area (Å²) in [6, 6.07) is 90.3. The number of para-hydroxylation sites is 3. The molecule has 13 aromatic carbocycles. The van der Waals surface area contributed by atoms with Gasteiger partial charge in [-0.05, 0) is 158 Å². The number of rotatable bonds is 4. The fourth-order valence-corrected chi connectivity index (χ4v) is 15.3. The van der Waals surface area contributed by atoms with Crippen molar-refractivity contribution < 1.29 is 4.42 Å². The largest absolute Gasteiger partial charge is 0.456 e. The van der Waals surface area contributed by atoms with E-state index >= 15 is 0 Å². The molecule has 396 valence electrons. The van der Waals surface area contributed by atoms with Crippen LogP contribution in [-0.4, -0.2) is 15.8 Å². The second-order valence-electron chi connectivity index (χ2n) is 25.9. The zero-order valence-corrected chi connectivity index (χ0v) is 47.9. The average molecular weight is 1070 g/mol. The highest BCUT2D eigenvalue weighted by Crippen LogP contribution is 2.50. The Labute approximate surface area is 487 Å². The van der Waals surface area contributed by atoms with E-state index in [4.69, 9.17) is 4.42 Å². The van der Waals surface area contributed by atoms with Gasteiger partial charge in [0.05, 0.1) is 16.6 Å². The Morgan fingerprint density at radius 2 is 0.869 bits per heavy atom. The number of fused-ring (bicyclic) bond motifs is 20. The molecule has 0 amide bonds. The van der Waals surface area contributed by atoms with Crippen molar-refractivity contribution in [2.75, 3.05) is 0 Å². The number of hydrogen-bond acceptors (Lipinski definition) is 1. The molecule has 18 rings (SSSR count). The van der Waals surface area contributed by atoms with E-state index in [9.17, 15) is 0 Å². The lowest BCUT2D eigenvalue weighted by Gasteiger charge is -2.35. The van der Waals surface area contributed by atoms with Gasteiger partial charge in [-0.3, -0.25) is 0 Å². The van der Waals surface area contributed by atoms with Crippen molar-refractivity contribution in [1.82, 2.24) is 9.13 Å². The van der Waals surface area contributed by atoms with Crippen LogP contribution in [0.25, 0.3) is 154 Å². The fraction of sp³-hybridized carbons (Fsp3) is 0.100. The van der Waals surface area contributed by atoms with Gasteiger partial charge in [0.1, 0.15) is 11.2 Å². The summed E-state index contributed by atoms with van der Waals surface area (Å²) in [6.07, 6.45) is 0. The number of aromatic nitrogens is 2. The molecule has 0 unspecified atom stereocenters. The predicted molar refractivity (Wildman–Crippen MR) is 359 cm³/mol. The smallest absolute Gasteiger partial charge is 0.252 e. The van der Waals surface area contributed by atoms with Gasteiger partial charge in [0, 0.05) is 54.6 Å². The molecule has 2 aliphatic heterocycles. The lowest BCUT2D eigenvalue weighted by atomic mass is 9.34. The minimum absolute atomic E-state index is 0.00767. The van der Waals surface area contributed by atoms with E-state index in [1.165, 1.54) is 159 Å². The van der Waals surface area contributed by atoms with Crippen molar-refractivity contribution in [3.63, 3.8) is 0 Å². The zero-order chi connectivity index (χ0) is 56.1. The highest BCUT2D eigenvalue weighted by Gasteiger charge is 2.42. The lowest BCUT2D eigenvalue weighted by Crippen LogP contribution is -2.59. The minimum atomic E-state index is -0.0865. The molecule has 0 radical (unpaired) electrons. The maximum absolute atomic E-state index is 6.72. The van der Waals surface area contributed by atoms with Crippen LogP contribution in [0.15, 0.2) is 241 Å². The quantitative estimate of drug-likeness (QED) is 0.127. The molecule has 0 saturated carbocycles. The minimum Gasteiger partial charge on any atom is -0.456 e. The standard InChI is InChI=1S/C80H57BN2O/c1-79(2,3)51-35-31-47(32-36-51)60-39-49(46-19-8-7-9-20-46)40-61(48-33-37-52(38-34-48)80(4,5)6)73(60)50-41-69-76-70(42-50)83-68-44-63-56-24-15-17-30-71(56)84-72(63)45-62(68)58-27-18-28-65(77(58)83)81(76)66-43-64-55-23-11-10-21-53(55)54-22-12-13-25-57(54)74(64)75-59-26-14-16-29-67(59)82(69)78(66)75/h7-45H,1-6H3. The molecule has 2 aliphatic rings. The first kappa shape index (κ1) is 47.7. The van der Waals surface area contributed by atoms with E-state index in [1.807, 2.05) is 0 Å². The summed E-state index contributed by atoms with van der Waals surface area (Å²) >= 11 is 0. The first-order valence-electron chi connectivity index (χ1n) is 29.8. The van der Waals surface area contributed by atoms with Crippen LogP contribution in [0.1, 0.15) is 52.7 Å². The summed E-state index contributed by atoms with van der Waals surface area (Å²) in [5.74, 6) is 0. The normalized spacial score (nSPS) is 13.1. The van der Waals surface area contributed by atoms with Gasteiger partial charge in [-0.25, -0.2) is 0 Å². The van der Waals surface area contributed by atoms with Crippen molar-refractivity contribution in [2.45, 2.75) is 52.4 Å². The second kappa shape index (κ2) is 16.9. The van der Waals surface area contributed by atoms with Gasteiger partial charge in [0.25, 0.3) is 6.71 Å². The third-order valence-electron chi connectivity index (χ3n) is 19.2. The van der Waals surface area contributed by atoms with Crippen LogP contribution in [0.3, 0.4) is 0 Å². The summed E-state index contributed by atoms with van der Waals surface area (Å²) in [4.78, 5) is 0. The van der Waals surface area contributed by atoms with Gasteiger partial charge < -0.3 is 13.6 Å².